The van der Waals surface area contributed by atoms with Gasteiger partial charge in [-0.15, -0.1) is 0 Å². The van der Waals surface area contributed by atoms with Gasteiger partial charge in [-0.25, -0.2) is 9.37 Å². The van der Waals surface area contributed by atoms with Gasteiger partial charge in [0.1, 0.15) is 16.0 Å². The molecule has 194 valence electrons. The molecule has 9 heteroatoms. The zero-order valence-electron chi connectivity index (χ0n) is 21.3. The van der Waals surface area contributed by atoms with Gasteiger partial charge in [-0.1, -0.05) is 29.3 Å². The van der Waals surface area contributed by atoms with E-state index in [4.69, 9.17) is 23.2 Å². The standard InChI is InChI=1S/C29H25Cl2FN4O2/c1-15-14-34-23(18-6-5-7-19(27(18)32)28(37)35(3)4)13-24(15)36-16(2)10-22(26(31)29(36)38)21-12-20(21)17-8-9-33-25(30)11-17/h5-11,13-14,20-21H,12H2,1-4H3/t20-,21+/m1/s1. The summed E-state index contributed by atoms with van der Waals surface area (Å²) in [5, 5.41) is 0.591. The minimum absolute atomic E-state index is 0.0494. The van der Waals surface area contributed by atoms with E-state index < -0.39 is 11.7 Å². The topological polar surface area (TPSA) is 68.1 Å². The molecule has 1 aromatic carbocycles. The fourth-order valence-corrected chi connectivity index (χ4v) is 5.36. The smallest absolute Gasteiger partial charge is 0.274 e. The molecule has 3 aromatic heterocycles. The molecule has 0 bridgehead atoms. The predicted octanol–water partition coefficient (Wildman–Crippen LogP) is 6.33. The summed E-state index contributed by atoms with van der Waals surface area (Å²) in [7, 11) is 3.13. The first-order chi connectivity index (χ1) is 18.1. The summed E-state index contributed by atoms with van der Waals surface area (Å²) in [4.78, 5) is 35.8. The van der Waals surface area contributed by atoms with Crippen LogP contribution in [0.1, 0.15) is 51.0 Å². The van der Waals surface area contributed by atoms with Crippen molar-refractivity contribution in [3.8, 4) is 16.9 Å². The summed E-state index contributed by atoms with van der Waals surface area (Å²) < 4.78 is 16.9. The van der Waals surface area contributed by atoms with Crippen LogP contribution in [0.3, 0.4) is 0 Å². The number of nitrogens with zero attached hydrogens (tertiary/aromatic N) is 4. The van der Waals surface area contributed by atoms with Crippen LogP contribution in [0.5, 0.6) is 0 Å². The highest BCUT2D eigenvalue weighted by atomic mass is 35.5. The molecule has 1 amide bonds. The van der Waals surface area contributed by atoms with Crippen molar-refractivity contribution in [1.29, 1.82) is 0 Å². The van der Waals surface area contributed by atoms with Crippen LogP contribution < -0.4 is 5.56 Å². The molecule has 1 saturated carbocycles. The Morgan fingerprint density at radius 3 is 2.55 bits per heavy atom. The second-order valence-electron chi connectivity index (χ2n) is 9.78. The number of rotatable bonds is 5. The van der Waals surface area contributed by atoms with E-state index in [1.54, 1.807) is 44.7 Å². The Hall–Kier alpha value is -3.55. The molecule has 0 unspecified atom stereocenters. The normalized spacial score (nSPS) is 16.4. The first-order valence-corrected chi connectivity index (χ1v) is 12.8. The van der Waals surface area contributed by atoms with Crippen LogP contribution in [0, 0.1) is 19.7 Å². The second-order valence-corrected chi connectivity index (χ2v) is 10.5. The number of halogens is 3. The van der Waals surface area contributed by atoms with Crippen LogP contribution >= 0.6 is 23.2 Å². The van der Waals surface area contributed by atoms with Gasteiger partial charge in [0.05, 0.1) is 16.9 Å². The largest absolute Gasteiger partial charge is 0.345 e. The highest BCUT2D eigenvalue weighted by Crippen LogP contribution is 2.56. The Morgan fingerprint density at radius 2 is 1.84 bits per heavy atom. The number of aromatic nitrogens is 3. The maximum atomic E-state index is 15.4. The Balaban J connectivity index is 1.55. The minimum atomic E-state index is -0.665. The van der Waals surface area contributed by atoms with Crippen LogP contribution in [-0.2, 0) is 0 Å². The molecule has 38 heavy (non-hydrogen) atoms. The lowest BCUT2D eigenvalue weighted by atomic mass is 10.0. The summed E-state index contributed by atoms with van der Waals surface area (Å²) in [5.41, 5.74) is 3.91. The van der Waals surface area contributed by atoms with Gasteiger partial charge in [0.15, 0.2) is 0 Å². The monoisotopic (exact) mass is 550 g/mol. The number of amides is 1. The molecule has 4 aromatic rings. The molecule has 0 saturated heterocycles. The van der Waals surface area contributed by atoms with Gasteiger partial charge in [0.25, 0.3) is 11.5 Å². The third-order valence-corrected chi connectivity index (χ3v) is 7.54. The molecular weight excluding hydrogens is 526 g/mol. The van der Waals surface area contributed by atoms with E-state index in [1.165, 1.54) is 15.5 Å². The average Bonchev–Trinajstić information content (AvgIpc) is 3.68. The summed E-state index contributed by atoms with van der Waals surface area (Å²) in [6.45, 7) is 3.67. The predicted molar refractivity (Wildman–Crippen MR) is 147 cm³/mol. The van der Waals surface area contributed by atoms with Gasteiger partial charge in [-0.2, -0.15) is 0 Å². The molecular formula is C29H25Cl2FN4O2. The van der Waals surface area contributed by atoms with E-state index in [1.807, 2.05) is 32.0 Å². The molecule has 0 aliphatic heterocycles. The number of hydrogen-bond donors (Lipinski definition) is 0. The molecule has 2 atom stereocenters. The average molecular weight is 551 g/mol. The van der Waals surface area contributed by atoms with Crippen molar-refractivity contribution >= 4 is 29.1 Å². The third kappa shape index (κ3) is 4.61. The van der Waals surface area contributed by atoms with Crippen LogP contribution in [0.2, 0.25) is 10.2 Å². The van der Waals surface area contributed by atoms with Gasteiger partial charge < -0.3 is 4.90 Å². The lowest BCUT2D eigenvalue weighted by molar-refractivity contribution is 0.0823. The van der Waals surface area contributed by atoms with Gasteiger partial charge in [0.2, 0.25) is 0 Å². The fourth-order valence-electron chi connectivity index (χ4n) is 4.90. The number of hydrogen-bond acceptors (Lipinski definition) is 4. The molecule has 3 heterocycles. The number of aryl methyl sites for hydroxylation is 2. The molecule has 1 aliphatic carbocycles. The molecule has 0 N–H and O–H groups in total. The maximum absolute atomic E-state index is 15.4. The first-order valence-electron chi connectivity index (χ1n) is 12.1. The molecule has 6 nitrogen and oxygen atoms in total. The van der Waals surface area contributed by atoms with E-state index in [0.717, 1.165) is 23.1 Å². The van der Waals surface area contributed by atoms with Crippen LogP contribution in [0.15, 0.2) is 59.7 Å². The van der Waals surface area contributed by atoms with Crippen molar-refractivity contribution in [2.24, 2.45) is 0 Å². The van der Waals surface area contributed by atoms with Gasteiger partial charge >= 0.3 is 0 Å². The summed E-state index contributed by atoms with van der Waals surface area (Å²) in [6.07, 6.45) is 4.13. The fraction of sp³-hybridized carbons (Fsp3) is 0.241. The molecule has 5 rings (SSSR count). The Bertz CT molecular complexity index is 1650. The second kappa shape index (κ2) is 9.97. The summed E-state index contributed by atoms with van der Waals surface area (Å²) in [6, 6.07) is 12.0. The SMILES string of the molecule is Cc1cnc(-c2cccc(C(=O)N(C)C)c2F)cc1-n1c(C)cc([C@H]2C[C@@H]2c2ccnc(Cl)c2)c(Cl)c1=O. The molecule has 0 radical (unpaired) electrons. The van der Waals surface area contributed by atoms with E-state index in [2.05, 4.69) is 9.97 Å². The molecule has 1 fully saturated rings. The van der Waals surface area contributed by atoms with Crippen molar-refractivity contribution in [3.63, 3.8) is 0 Å². The third-order valence-electron chi connectivity index (χ3n) is 6.96. The molecule has 0 spiro atoms. The highest BCUT2D eigenvalue weighted by molar-refractivity contribution is 6.31. The Kier molecular flexibility index (Phi) is 6.84. The lowest BCUT2D eigenvalue weighted by Crippen LogP contribution is -2.23. The van der Waals surface area contributed by atoms with Crippen molar-refractivity contribution < 1.29 is 9.18 Å². The zero-order valence-corrected chi connectivity index (χ0v) is 22.8. The summed E-state index contributed by atoms with van der Waals surface area (Å²) >= 11 is 12.7. The Labute approximate surface area is 229 Å². The van der Waals surface area contributed by atoms with Crippen molar-refractivity contribution in [2.75, 3.05) is 14.1 Å². The highest BCUT2D eigenvalue weighted by Gasteiger charge is 2.41. The van der Waals surface area contributed by atoms with Gasteiger partial charge in [-0.3, -0.25) is 19.1 Å². The van der Waals surface area contributed by atoms with E-state index in [0.29, 0.717) is 22.2 Å². The van der Waals surface area contributed by atoms with Crippen molar-refractivity contribution in [3.05, 3.63) is 109 Å². The van der Waals surface area contributed by atoms with Crippen molar-refractivity contribution in [1.82, 2.24) is 19.4 Å². The van der Waals surface area contributed by atoms with Gasteiger partial charge in [-0.05, 0) is 85.2 Å². The molecule has 1 aliphatic rings. The van der Waals surface area contributed by atoms with E-state index in [-0.39, 0.29) is 33.5 Å². The van der Waals surface area contributed by atoms with E-state index in [9.17, 15) is 9.59 Å². The number of benzene rings is 1. The Morgan fingerprint density at radius 1 is 1.08 bits per heavy atom. The lowest BCUT2D eigenvalue weighted by Gasteiger charge is -2.17. The number of carbonyl (C=O) groups excluding carboxylic acids is 1. The summed E-state index contributed by atoms with van der Waals surface area (Å²) in [5.74, 6) is -0.778. The van der Waals surface area contributed by atoms with E-state index >= 15 is 4.39 Å². The quantitative estimate of drug-likeness (QED) is 0.272. The number of pyridine rings is 3. The maximum Gasteiger partial charge on any atom is 0.274 e. The van der Waals surface area contributed by atoms with Crippen LogP contribution in [0.4, 0.5) is 4.39 Å². The van der Waals surface area contributed by atoms with Crippen molar-refractivity contribution in [2.45, 2.75) is 32.1 Å². The zero-order chi connectivity index (χ0) is 27.3. The van der Waals surface area contributed by atoms with Gasteiger partial charge in [0, 0.05) is 37.7 Å². The van der Waals surface area contributed by atoms with Crippen LogP contribution in [-0.4, -0.2) is 39.4 Å². The van der Waals surface area contributed by atoms with Crippen LogP contribution in [0.25, 0.3) is 16.9 Å². The first kappa shape index (κ1) is 26.1. The number of carbonyl (C=O) groups is 1. The minimum Gasteiger partial charge on any atom is -0.345 e.